The lowest BCUT2D eigenvalue weighted by molar-refractivity contribution is 0.0697. The van der Waals surface area contributed by atoms with Crippen molar-refractivity contribution in [1.82, 2.24) is 9.97 Å². The van der Waals surface area contributed by atoms with Gasteiger partial charge in [-0.3, -0.25) is 4.79 Å². The molecule has 0 amide bonds. The summed E-state index contributed by atoms with van der Waals surface area (Å²) in [6.45, 7) is 0.501. The van der Waals surface area contributed by atoms with Gasteiger partial charge in [-0.1, -0.05) is 18.2 Å². The summed E-state index contributed by atoms with van der Waals surface area (Å²) in [6.07, 6.45) is 1.22. The Morgan fingerprint density at radius 2 is 1.96 bits per heavy atom. The van der Waals surface area contributed by atoms with E-state index in [-0.39, 0.29) is 11.1 Å². The number of nitrogens with one attached hydrogen (secondary N) is 1. The van der Waals surface area contributed by atoms with E-state index < -0.39 is 5.97 Å². The van der Waals surface area contributed by atoms with Crippen molar-refractivity contribution >= 4 is 16.9 Å². The normalized spacial score (nSPS) is 10.7. The number of ether oxygens (including phenoxy) is 1. The first-order valence-electron chi connectivity index (χ1n) is 7.57. The topological polar surface area (TPSA) is 92.3 Å². The number of carboxylic acid groups (broad SMARTS) is 1. The SMILES string of the molecule is O=C(O)c1ccc2c(=O)[nH]c(CCCOc3ccccc3)nc2c1. The smallest absolute Gasteiger partial charge is 0.335 e. The zero-order valence-corrected chi connectivity index (χ0v) is 12.9. The Morgan fingerprint density at radius 3 is 2.71 bits per heavy atom. The lowest BCUT2D eigenvalue weighted by Gasteiger charge is -2.06. The molecule has 0 atom stereocenters. The summed E-state index contributed by atoms with van der Waals surface area (Å²) in [5.41, 5.74) is 0.229. The predicted molar refractivity (Wildman–Crippen MR) is 89.6 cm³/mol. The van der Waals surface area contributed by atoms with Gasteiger partial charge in [-0.15, -0.1) is 0 Å². The van der Waals surface area contributed by atoms with Crippen LogP contribution in [-0.2, 0) is 6.42 Å². The number of carboxylic acids is 1. The van der Waals surface area contributed by atoms with Crippen molar-refractivity contribution in [2.24, 2.45) is 0 Å². The number of carbonyl (C=O) groups is 1. The second kappa shape index (κ2) is 6.95. The maximum Gasteiger partial charge on any atom is 0.335 e. The number of fused-ring (bicyclic) bond motifs is 1. The Morgan fingerprint density at radius 1 is 1.17 bits per heavy atom. The summed E-state index contributed by atoms with van der Waals surface area (Å²) >= 11 is 0. The van der Waals surface area contributed by atoms with Crippen molar-refractivity contribution in [3.63, 3.8) is 0 Å². The molecule has 0 unspecified atom stereocenters. The lowest BCUT2D eigenvalue weighted by atomic mass is 10.1. The molecule has 24 heavy (non-hydrogen) atoms. The highest BCUT2D eigenvalue weighted by Crippen LogP contribution is 2.12. The maximum absolute atomic E-state index is 12.1. The third kappa shape index (κ3) is 3.60. The second-order valence-corrected chi connectivity index (χ2v) is 5.31. The second-order valence-electron chi connectivity index (χ2n) is 5.31. The number of rotatable bonds is 6. The number of benzene rings is 2. The molecule has 2 N–H and O–H groups in total. The van der Waals surface area contributed by atoms with E-state index in [2.05, 4.69) is 9.97 Å². The molecule has 6 heteroatoms. The van der Waals surface area contributed by atoms with Gasteiger partial charge in [-0.25, -0.2) is 9.78 Å². The summed E-state index contributed by atoms with van der Waals surface area (Å²) in [7, 11) is 0. The fraction of sp³-hybridized carbons (Fsp3) is 0.167. The van der Waals surface area contributed by atoms with Crippen LogP contribution in [0.25, 0.3) is 10.9 Å². The van der Waals surface area contributed by atoms with Crippen LogP contribution in [-0.4, -0.2) is 27.7 Å². The van der Waals surface area contributed by atoms with Gasteiger partial charge in [0.05, 0.1) is 23.1 Å². The van der Waals surface area contributed by atoms with Crippen molar-refractivity contribution < 1.29 is 14.6 Å². The van der Waals surface area contributed by atoms with E-state index in [0.717, 1.165) is 5.75 Å². The molecule has 3 aromatic rings. The molecule has 122 valence electrons. The minimum atomic E-state index is -1.04. The zero-order chi connectivity index (χ0) is 16.9. The van der Waals surface area contributed by atoms with Crippen LogP contribution < -0.4 is 10.3 Å². The largest absolute Gasteiger partial charge is 0.494 e. The van der Waals surface area contributed by atoms with Crippen LogP contribution in [0.2, 0.25) is 0 Å². The van der Waals surface area contributed by atoms with E-state index >= 15 is 0 Å². The molecule has 0 spiro atoms. The minimum absolute atomic E-state index is 0.110. The fourth-order valence-electron chi connectivity index (χ4n) is 2.39. The Bertz CT molecular complexity index is 919. The molecule has 1 aromatic heterocycles. The molecule has 0 radical (unpaired) electrons. The highest BCUT2D eigenvalue weighted by molar-refractivity contribution is 5.92. The Hall–Kier alpha value is -3.15. The van der Waals surface area contributed by atoms with Crippen molar-refractivity contribution in [3.8, 4) is 5.75 Å². The molecule has 0 bridgehead atoms. The van der Waals surface area contributed by atoms with E-state index in [9.17, 15) is 9.59 Å². The van der Waals surface area contributed by atoms with Gasteiger partial charge < -0.3 is 14.8 Å². The molecule has 0 aliphatic heterocycles. The highest BCUT2D eigenvalue weighted by atomic mass is 16.5. The van der Waals surface area contributed by atoms with Gasteiger partial charge in [0.25, 0.3) is 5.56 Å². The number of nitrogens with zero attached hydrogens (tertiary/aromatic N) is 1. The molecular formula is C18H16N2O4. The van der Waals surface area contributed by atoms with Crippen LogP contribution in [0.15, 0.2) is 53.3 Å². The third-order valence-corrected chi connectivity index (χ3v) is 3.57. The molecule has 3 rings (SSSR count). The van der Waals surface area contributed by atoms with Crippen molar-refractivity contribution in [1.29, 1.82) is 0 Å². The molecule has 2 aromatic carbocycles. The van der Waals surface area contributed by atoms with Gasteiger partial charge in [-0.2, -0.15) is 0 Å². The number of aromatic nitrogens is 2. The first-order chi connectivity index (χ1) is 11.6. The van der Waals surface area contributed by atoms with Crippen LogP contribution in [0.1, 0.15) is 22.6 Å². The number of hydrogen-bond acceptors (Lipinski definition) is 4. The molecule has 0 aliphatic rings. The molecule has 1 heterocycles. The first kappa shape index (κ1) is 15.7. The summed E-state index contributed by atoms with van der Waals surface area (Å²) in [5, 5.41) is 9.41. The average molecular weight is 324 g/mol. The molecule has 0 aliphatic carbocycles. The highest BCUT2D eigenvalue weighted by Gasteiger charge is 2.08. The van der Waals surface area contributed by atoms with E-state index in [1.165, 1.54) is 18.2 Å². The van der Waals surface area contributed by atoms with Crippen molar-refractivity contribution in [2.75, 3.05) is 6.61 Å². The maximum atomic E-state index is 12.1. The molecular weight excluding hydrogens is 308 g/mol. The van der Waals surface area contributed by atoms with Crippen LogP contribution in [0.4, 0.5) is 0 Å². The summed E-state index contributed by atoms with van der Waals surface area (Å²) < 4.78 is 5.60. The number of H-pyrrole nitrogens is 1. The minimum Gasteiger partial charge on any atom is -0.494 e. The number of aromatic carboxylic acids is 1. The van der Waals surface area contributed by atoms with Gasteiger partial charge in [0, 0.05) is 6.42 Å². The molecule has 0 fully saturated rings. The van der Waals surface area contributed by atoms with Crippen LogP contribution in [0, 0.1) is 0 Å². The first-order valence-corrected chi connectivity index (χ1v) is 7.57. The van der Waals surface area contributed by atoms with Gasteiger partial charge in [0.2, 0.25) is 0 Å². The standard InChI is InChI=1S/C18H16N2O4/c21-17-14-9-8-12(18(22)23)11-15(14)19-16(20-17)7-4-10-24-13-5-2-1-3-6-13/h1-3,5-6,8-9,11H,4,7,10H2,(H,22,23)(H,19,20,21). The summed E-state index contributed by atoms with van der Waals surface area (Å²) in [4.78, 5) is 30.2. The molecule has 0 saturated carbocycles. The summed E-state index contributed by atoms with van der Waals surface area (Å²) in [6, 6.07) is 13.8. The van der Waals surface area contributed by atoms with E-state index in [1.54, 1.807) is 0 Å². The van der Waals surface area contributed by atoms with Gasteiger partial charge in [0.15, 0.2) is 0 Å². The summed E-state index contributed by atoms with van der Waals surface area (Å²) in [5.74, 6) is 0.270. The Balaban J connectivity index is 1.70. The lowest BCUT2D eigenvalue weighted by Crippen LogP contribution is -2.13. The Kier molecular flexibility index (Phi) is 4.56. The fourth-order valence-corrected chi connectivity index (χ4v) is 2.39. The van der Waals surface area contributed by atoms with Gasteiger partial charge in [0.1, 0.15) is 11.6 Å². The predicted octanol–water partition coefficient (Wildman–Crippen LogP) is 2.63. The van der Waals surface area contributed by atoms with E-state index in [0.29, 0.717) is 36.2 Å². The zero-order valence-electron chi connectivity index (χ0n) is 12.9. The monoisotopic (exact) mass is 324 g/mol. The number of para-hydroxylation sites is 1. The van der Waals surface area contributed by atoms with Crippen LogP contribution in [0.5, 0.6) is 5.75 Å². The van der Waals surface area contributed by atoms with E-state index in [1.807, 2.05) is 30.3 Å². The Labute approximate surface area is 137 Å². The molecule has 0 saturated heterocycles. The molecule has 6 nitrogen and oxygen atoms in total. The van der Waals surface area contributed by atoms with Gasteiger partial charge >= 0.3 is 5.97 Å². The van der Waals surface area contributed by atoms with E-state index in [4.69, 9.17) is 9.84 Å². The van der Waals surface area contributed by atoms with Gasteiger partial charge in [-0.05, 0) is 36.8 Å². The van der Waals surface area contributed by atoms with Crippen LogP contribution >= 0.6 is 0 Å². The number of aromatic amines is 1. The quantitative estimate of drug-likeness (QED) is 0.680. The average Bonchev–Trinajstić information content (AvgIpc) is 2.59. The van der Waals surface area contributed by atoms with Crippen LogP contribution in [0.3, 0.4) is 0 Å². The number of aryl methyl sites for hydroxylation is 1. The van der Waals surface area contributed by atoms with Crippen molar-refractivity contribution in [2.45, 2.75) is 12.8 Å². The number of hydrogen-bond donors (Lipinski definition) is 2. The van der Waals surface area contributed by atoms with Crippen molar-refractivity contribution in [3.05, 3.63) is 70.3 Å². The third-order valence-electron chi connectivity index (χ3n) is 3.57.